The van der Waals surface area contributed by atoms with Crippen molar-refractivity contribution in [2.24, 2.45) is 17.1 Å². The maximum atomic E-state index is 11.6. The fourth-order valence-corrected chi connectivity index (χ4v) is 5.61. The van der Waals surface area contributed by atoms with Crippen molar-refractivity contribution in [3.8, 4) is 0 Å². The van der Waals surface area contributed by atoms with Crippen molar-refractivity contribution in [1.82, 2.24) is 4.57 Å². The zero-order valence-corrected chi connectivity index (χ0v) is 13.1. The minimum Gasteiger partial charge on any atom is -0.351 e. The molecule has 20 heavy (non-hydrogen) atoms. The number of fused-ring (bicyclic) bond motifs is 1. The standard InChI is InChI=1S/C15H24N2O2S/c1-15(2)7-13(16)12-3-5-17(14(12)8-15)9-11-4-6-20(18,19)10-11/h3,5,11,13H,4,6-10,16H2,1-2H3. The summed E-state index contributed by atoms with van der Waals surface area (Å²) < 4.78 is 25.4. The molecule has 0 radical (unpaired) electrons. The predicted octanol–water partition coefficient (Wildman–Crippen LogP) is 1.90. The molecule has 2 heterocycles. The molecule has 0 spiro atoms. The summed E-state index contributed by atoms with van der Waals surface area (Å²) in [7, 11) is -2.79. The smallest absolute Gasteiger partial charge is 0.150 e. The first-order valence-electron chi connectivity index (χ1n) is 7.40. The molecule has 1 aromatic rings. The van der Waals surface area contributed by atoms with Crippen LogP contribution in [0.3, 0.4) is 0 Å². The molecule has 2 aliphatic rings. The summed E-state index contributed by atoms with van der Waals surface area (Å²) in [5.74, 6) is 0.958. The second-order valence-corrected chi connectivity index (χ2v) is 9.52. The van der Waals surface area contributed by atoms with E-state index in [0.29, 0.717) is 11.5 Å². The van der Waals surface area contributed by atoms with Crippen molar-refractivity contribution in [2.45, 2.75) is 45.7 Å². The molecule has 1 aliphatic heterocycles. The number of sulfone groups is 1. The lowest BCUT2D eigenvalue weighted by atomic mass is 9.74. The van der Waals surface area contributed by atoms with Crippen LogP contribution in [0.2, 0.25) is 0 Å². The molecule has 1 aromatic heterocycles. The maximum Gasteiger partial charge on any atom is 0.150 e. The van der Waals surface area contributed by atoms with Gasteiger partial charge in [0, 0.05) is 24.5 Å². The molecule has 1 saturated heterocycles. The third-order valence-corrected chi connectivity index (χ3v) is 6.55. The van der Waals surface area contributed by atoms with Crippen molar-refractivity contribution in [3.05, 3.63) is 23.5 Å². The normalized spacial score (nSPS) is 31.1. The molecule has 2 N–H and O–H groups in total. The van der Waals surface area contributed by atoms with Gasteiger partial charge in [0.05, 0.1) is 11.5 Å². The van der Waals surface area contributed by atoms with E-state index in [1.165, 1.54) is 11.3 Å². The zero-order valence-electron chi connectivity index (χ0n) is 12.3. The highest BCUT2D eigenvalue weighted by Crippen LogP contribution is 2.40. The molecule has 2 unspecified atom stereocenters. The Morgan fingerprint density at radius 2 is 2.20 bits per heavy atom. The van der Waals surface area contributed by atoms with Gasteiger partial charge in [-0.25, -0.2) is 8.42 Å². The molecule has 4 nitrogen and oxygen atoms in total. The molecule has 5 heteroatoms. The van der Waals surface area contributed by atoms with E-state index in [4.69, 9.17) is 5.73 Å². The van der Waals surface area contributed by atoms with E-state index in [0.717, 1.165) is 25.8 Å². The van der Waals surface area contributed by atoms with E-state index in [-0.39, 0.29) is 17.4 Å². The fraction of sp³-hybridized carbons (Fsp3) is 0.733. The van der Waals surface area contributed by atoms with Crippen molar-refractivity contribution < 1.29 is 8.42 Å². The SMILES string of the molecule is CC1(C)Cc2c(ccn2CC2CCS(=O)(=O)C2)C(N)C1. The molecular weight excluding hydrogens is 272 g/mol. The number of nitrogens with two attached hydrogens (primary N) is 1. The number of rotatable bonds is 2. The predicted molar refractivity (Wildman–Crippen MR) is 80.2 cm³/mol. The molecule has 2 atom stereocenters. The quantitative estimate of drug-likeness (QED) is 0.906. The van der Waals surface area contributed by atoms with Gasteiger partial charge in [-0.3, -0.25) is 0 Å². The van der Waals surface area contributed by atoms with Gasteiger partial charge in [-0.1, -0.05) is 13.8 Å². The molecule has 0 aromatic carbocycles. The third kappa shape index (κ3) is 2.66. The minimum absolute atomic E-state index is 0.113. The van der Waals surface area contributed by atoms with Gasteiger partial charge in [0.15, 0.2) is 9.84 Å². The van der Waals surface area contributed by atoms with E-state index in [9.17, 15) is 8.42 Å². The van der Waals surface area contributed by atoms with E-state index in [1.807, 2.05) is 0 Å². The van der Waals surface area contributed by atoms with E-state index in [1.54, 1.807) is 0 Å². The molecule has 112 valence electrons. The van der Waals surface area contributed by atoms with Gasteiger partial charge in [-0.05, 0) is 42.2 Å². The lowest BCUT2D eigenvalue weighted by molar-refractivity contribution is 0.273. The maximum absolute atomic E-state index is 11.6. The number of hydrogen-bond donors (Lipinski definition) is 1. The van der Waals surface area contributed by atoms with Crippen LogP contribution in [0.15, 0.2) is 12.3 Å². The van der Waals surface area contributed by atoms with Crippen molar-refractivity contribution in [1.29, 1.82) is 0 Å². The van der Waals surface area contributed by atoms with Gasteiger partial charge in [0.1, 0.15) is 0 Å². The van der Waals surface area contributed by atoms with Crippen LogP contribution in [-0.4, -0.2) is 24.5 Å². The highest BCUT2D eigenvalue weighted by Gasteiger charge is 2.34. The van der Waals surface area contributed by atoms with Crippen LogP contribution >= 0.6 is 0 Å². The average molecular weight is 296 g/mol. The first-order valence-corrected chi connectivity index (χ1v) is 9.22. The second-order valence-electron chi connectivity index (χ2n) is 7.29. The molecular formula is C15H24N2O2S. The summed E-state index contributed by atoms with van der Waals surface area (Å²) in [6.07, 6.45) is 4.94. The van der Waals surface area contributed by atoms with Gasteiger partial charge in [-0.2, -0.15) is 0 Å². The number of hydrogen-bond acceptors (Lipinski definition) is 3. The zero-order chi connectivity index (χ0) is 14.5. The Morgan fingerprint density at radius 1 is 1.45 bits per heavy atom. The molecule has 0 saturated carbocycles. The molecule has 0 amide bonds. The van der Waals surface area contributed by atoms with E-state index in [2.05, 4.69) is 30.7 Å². The van der Waals surface area contributed by atoms with Gasteiger partial charge in [-0.15, -0.1) is 0 Å². The number of nitrogens with zero attached hydrogens (tertiary/aromatic N) is 1. The van der Waals surface area contributed by atoms with Crippen LogP contribution in [0.25, 0.3) is 0 Å². The molecule has 0 bridgehead atoms. The summed E-state index contributed by atoms with van der Waals surface area (Å²) in [4.78, 5) is 0. The summed E-state index contributed by atoms with van der Waals surface area (Å²) >= 11 is 0. The first-order chi connectivity index (χ1) is 9.26. The number of aromatic nitrogens is 1. The van der Waals surface area contributed by atoms with Crippen LogP contribution in [0.5, 0.6) is 0 Å². The summed E-state index contributed by atoms with van der Waals surface area (Å²) in [5.41, 5.74) is 9.08. The van der Waals surface area contributed by atoms with Gasteiger partial charge in [0.2, 0.25) is 0 Å². The Balaban J connectivity index is 1.83. The topological polar surface area (TPSA) is 65.1 Å². The minimum atomic E-state index is -2.79. The molecule has 1 aliphatic carbocycles. The van der Waals surface area contributed by atoms with E-state index >= 15 is 0 Å². The second kappa shape index (κ2) is 4.60. The van der Waals surface area contributed by atoms with Crippen LogP contribution < -0.4 is 5.73 Å². The molecule has 1 fully saturated rings. The lowest BCUT2D eigenvalue weighted by Crippen LogP contribution is -2.31. The van der Waals surface area contributed by atoms with E-state index < -0.39 is 9.84 Å². The van der Waals surface area contributed by atoms with Crippen molar-refractivity contribution >= 4 is 9.84 Å². The van der Waals surface area contributed by atoms with Crippen LogP contribution in [0.1, 0.15) is 44.0 Å². The summed E-state index contributed by atoms with van der Waals surface area (Å²) in [5, 5.41) is 0. The van der Waals surface area contributed by atoms with Gasteiger partial charge >= 0.3 is 0 Å². The van der Waals surface area contributed by atoms with Crippen LogP contribution in [0.4, 0.5) is 0 Å². The van der Waals surface area contributed by atoms with Crippen molar-refractivity contribution in [3.63, 3.8) is 0 Å². The average Bonchev–Trinajstić information content (AvgIpc) is 2.82. The van der Waals surface area contributed by atoms with Crippen LogP contribution in [-0.2, 0) is 22.8 Å². The van der Waals surface area contributed by atoms with Crippen molar-refractivity contribution in [2.75, 3.05) is 11.5 Å². The Kier molecular flexibility index (Phi) is 3.25. The third-order valence-electron chi connectivity index (χ3n) is 4.71. The van der Waals surface area contributed by atoms with Gasteiger partial charge < -0.3 is 10.3 Å². The molecule has 3 rings (SSSR count). The lowest BCUT2D eigenvalue weighted by Gasteiger charge is -2.34. The highest BCUT2D eigenvalue weighted by molar-refractivity contribution is 7.91. The van der Waals surface area contributed by atoms with Crippen LogP contribution in [0, 0.1) is 11.3 Å². The Bertz CT molecular complexity index is 616. The Labute approximate surface area is 121 Å². The van der Waals surface area contributed by atoms with Gasteiger partial charge in [0.25, 0.3) is 0 Å². The summed E-state index contributed by atoms with van der Waals surface area (Å²) in [6, 6.07) is 2.24. The summed E-state index contributed by atoms with van der Waals surface area (Å²) in [6.45, 7) is 5.33. The largest absolute Gasteiger partial charge is 0.351 e. The fourth-order valence-electron chi connectivity index (χ4n) is 3.76. The monoisotopic (exact) mass is 296 g/mol. The Morgan fingerprint density at radius 3 is 2.85 bits per heavy atom. The first kappa shape index (κ1) is 14.1. The highest BCUT2D eigenvalue weighted by atomic mass is 32.2. The Hall–Kier alpha value is -0.810.